The minimum Gasteiger partial charge on any atom is -0.512 e. The summed E-state index contributed by atoms with van der Waals surface area (Å²) in [6, 6.07) is 0. The van der Waals surface area contributed by atoms with Gasteiger partial charge >= 0.3 is 0 Å². The maximum absolute atomic E-state index is 12.7. The Morgan fingerprint density at radius 3 is 2.33 bits per heavy atom. The summed E-state index contributed by atoms with van der Waals surface area (Å²) in [6.45, 7) is 5.83. The molecule has 0 spiro atoms. The Morgan fingerprint density at radius 1 is 1.19 bits per heavy atom. The van der Waals surface area contributed by atoms with Gasteiger partial charge in [-0.1, -0.05) is 26.8 Å². The molecule has 0 aromatic rings. The molecule has 150 valence electrons. The SMILES string of the molecule is CC1=C[C@@H]2C(CC(CO)=C(O)[C@@H]3C2[C@H](C)C(O)(O)C2(O)C(C)(C)[C@@]32O)C1=O. The lowest BCUT2D eigenvalue weighted by molar-refractivity contribution is -0.321. The number of allylic oxidation sites excluding steroid dienone is 2. The third-order valence-electron chi connectivity index (χ3n) is 8.32. The minimum absolute atomic E-state index is 0.101. The van der Waals surface area contributed by atoms with Crippen molar-refractivity contribution < 1.29 is 35.4 Å². The van der Waals surface area contributed by atoms with E-state index in [2.05, 4.69) is 0 Å². The predicted molar refractivity (Wildman–Crippen MR) is 94.1 cm³/mol. The molecule has 0 radical (unpaired) electrons. The van der Waals surface area contributed by atoms with Crippen LogP contribution in [0.4, 0.5) is 0 Å². The number of carbonyl (C=O) groups excluding carboxylic acids is 1. The Bertz CT molecular complexity index is 794. The molecule has 4 aliphatic carbocycles. The highest BCUT2D eigenvalue weighted by Crippen LogP contribution is 2.79. The largest absolute Gasteiger partial charge is 0.512 e. The van der Waals surface area contributed by atoms with Gasteiger partial charge in [0.05, 0.1) is 12.5 Å². The zero-order chi connectivity index (χ0) is 20.3. The summed E-state index contributed by atoms with van der Waals surface area (Å²) >= 11 is 0. The Balaban J connectivity index is 1.99. The van der Waals surface area contributed by atoms with Crippen molar-refractivity contribution >= 4 is 5.78 Å². The van der Waals surface area contributed by atoms with Gasteiger partial charge in [-0.05, 0) is 36.3 Å². The second kappa shape index (κ2) is 5.02. The number of fused-ring (bicyclic) bond motifs is 5. The van der Waals surface area contributed by atoms with E-state index in [0.29, 0.717) is 5.57 Å². The van der Waals surface area contributed by atoms with Crippen molar-refractivity contribution in [2.24, 2.45) is 35.0 Å². The second-order valence-electron chi connectivity index (χ2n) is 9.42. The molecule has 0 heterocycles. The first kappa shape index (κ1) is 19.1. The number of hydrogen-bond acceptors (Lipinski definition) is 7. The van der Waals surface area contributed by atoms with E-state index in [0.717, 1.165) is 0 Å². The summed E-state index contributed by atoms with van der Waals surface area (Å²) in [5, 5.41) is 65.3. The first-order valence-corrected chi connectivity index (χ1v) is 9.44. The standard InChI is InChI=1S/C20H28O7/c1-8-5-11-12(15(8)22)6-10(7-21)16(23)14-13(11)9(2)19(25,26)20(27)17(3,4)18(14,20)24/h5,9,11-14,21,23-27H,6-7H2,1-4H3/t9-,11+,12?,13?,14-,18-,20?/m0/s1. The van der Waals surface area contributed by atoms with Crippen LogP contribution in [-0.2, 0) is 4.79 Å². The first-order chi connectivity index (χ1) is 12.3. The van der Waals surface area contributed by atoms with E-state index in [9.17, 15) is 35.4 Å². The van der Waals surface area contributed by atoms with E-state index in [-0.39, 0.29) is 23.5 Å². The van der Waals surface area contributed by atoms with E-state index in [4.69, 9.17) is 0 Å². The second-order valence-corrected chi connectivity index (χ2v) is 9.42. The van der Waals surface area contributed by atoms with E-state index < -0.39 is 58.6 Å². The molecule has 3 unspecified atom stereocenters. The fraction of sp³-hybridized carbons (Fsp3) is 0.750. The molecule has 0 aliphatic heterocycles. The van der Waals surface area contributed by atoms with E-state index in [1.165, 1.54) is 13.8 Å². The van der Waals surface area contributed by atoms with Crippen LogP contribution < -0.4 is 0 Å². The molecular weight excluding hydrogens is 352 g/mol. The van der Waals surface area contributed by atoms with Crippen molar-refractivity contribution in [1.29, 1.82) is 0 Å². The van der Waals surface area contributed by atoms with Gasteiger partial charge in [0.1, 0.15) is 11.4 Å². The third kappa shape index (κ3) is 1.70. The third-order valence-corrected chi connectivity index (χ3v) is 8.32. The van der Waals surface area contributed by atoms with Gasteiger partial charge in [-0.15, -0.1) is 0 Å². The Labute approximate surface area is 157 Å². The summed E-state index contributed by atoms with van der Waals surface area (Å²) in [5.74, 6) is -6.58. The quantitative estimate of drug-likeness (QED) is 0.353. The smallest absolute Gasteiger partial charge is 0.198 e. The zero-order valence-electron chi connectivity index (χ0n) is 16.0. The van der Waals surface area contributed by atoms with E-state index in [1.807, 2.05) is 0 Å². The van der Waals surface area contributed by atoms with E-state index in [1.54, 1.807) is 19.9 Å². The number of aliphatic hydroxyl groups is 6. The molecule has 2 saturated carbocycles. The first-order valence-electron chi connectivity index (χ1n) is 9.44. The van der Waals surface area contributed by atoms with Crippen molar-refractivity contribution in [2.75, 3.05) is 6.61 Å². The fourth-order valence-corrected chi connectivity index (χ4v) is 6.62. The van der Waals surface area contributed by atoms with Crippen LogP contribution in [-0.4, -0.2) is 60.0 Å². The minimum atomic E-state index is -2.60. The van der Waals surface area contributed by atoms with E-state index >= 15 is 0 Å². The van der Waals surface area contributed by atoms with Gasteiger partial charge in [0, 0.05) is 17.3 Å². The number of Topliss-reactive ketones (excluding diaryl/α,β-unsaturated/α-hetero) is 1. The molecule has 0 aromatic carbocycles. The summed E-state index contributed by atoms with van der Waals surface area (Å²) < 4.78 is 0. The van der Waals surface area contributed by atoms with Gasteiger partial charge in [-0.25, -0.2) is 0 Å². The number of hydrogen-bond donors (Lipinski definition) is 6. The lowest BCUT2D eigenvalue weighted by Crippen LogP contribution is -2.65. The topological polar surface area (TPSA) is 138 Å². The van der Waals surface area contributed by atoms with Crippen LogP contribution in [0, 0.1) is 35.0 Å². The lowest BCUT2D eigenvalue weighted by atomic mass is 9.60. The number of rotatable bonds is 1. The molecule has 0 aromatic heterocycles. The van der Waals surface area contributed by atoms with Gasteiger partial charge < -0.3 is 30.6 Å². The molecule has 7 heteroatoms. The Hall–Kier alpha value is -1.25. The fourth-order valence-electron chi connectivity index (χ4n) is 6.62. The molecule has 4 rings (SSSR count). The molecule has 0 amide bonds. The van der Waals surface area contributed by atoms with Crippen molar-refractivity contribution in [2.45, 2.75) is 51.1 Å². The van der Waals surface area contributed by atoms with Gasteiger partial charge in [0.2, 0.25) is 0 Å². The number of aliphatic hydroxyl groups excluding tert-OH is 2. The summed E-state index contributed by atoms with van der Waals surface area (Å²) in [5.41, 5.74) is -4.76. The van der Waals surface area contributed by atoms with Crippen molar-refractivity contribution in [3.63, 3.8) is 0 Å². The normalized spacial score (nSPS) is 49.7. The maximum Gasteiger partial charge on any atom is 0.198 e. The van der Waals surface area contributed by atoms with Gasteiger partial charge in [-0.3, -0.25) is 4.79 Å². The van der Waals surface area contributed by atoms with Crippen LogP contribution in [0.1, 0.15) is 34.1 Å². The van der Waals surface area contributed by atoms with Crippen LogP contribution in [0.2, 0.25) is 0 Å². The number of ketones is 1. The highest BCUT2D eigenvalue weighted by atomic mass is 16.5. The van der Waals surface area contributed by atoms with Crippen LogP contribution in [0.5, 0.6) is 0 Å². The molecule has 2 fully saturated rings. The molecule has 27 heavy (non-hydrogen) atoms. The lowest BCUT2D eigenvalue weighted by Gasteiger charge is -2.50. The van der Waals surface area contributed by atoms with Crippen molar-refractivity contribution in [3.8, 4) is 0 Å². The molecule has 6 N–H and O–H groups in total. The van der Waals surface area contributed by atoms with Crippen LogP contribution in [0.25, 0.3) is 0 Å². The highest BCUT2D eigenvalue weighted by molar-refractivity contribution is 5.99. The molecule has 7 atom stereocenters. The van der Waals surface area contributed by atoms with Gasteiger partial charge in [-0.2, -0.15) is 0 Å². The van der Waals surface area contributed by atoms with Gasteiger partial charge in [0.15, 0.2) is 17.2 Å². The van der Waals surface area contributed by atoms with Crippen molar-refractivity contribution in [3.05, 3.63) is 23.0 Å². The summed E-state index contributed by atoms with van der Waals surface area (Å²) in [7, 11) is 0. The van der Waals surface area contributed by atoms with Crippen LogP contribution in [0.15, 0.2) is 23.0 Å². The van der Waals surface area contributed by atoms with Crippen LogP contribution in [0.3, 0.4) is 0 Å². The summed E-state index contributed by atoms with van der Waals surface area (Å²) in [6.07, 6.45) is 1.91. The van der Waals surface area contributed by atoms with Crippen LogP contribution >= 0.6 is 0 Å². The monoisotopic (exact) mass is 380 g/mol. The molecule has 0 bridgehead atoms. The molecular formula is C20H28O7. The highest BCUT2D eigenvalue weighted by Gasteiger charge is 2.95. The van der Waals surface area contributed by atoms with Crippen molar-refractivity contribution in [1.82, 2.24) is 0 Å². The maximum atomic E-state index is 12.7. The summed E-state index contributed by atoms with van der Waals surface area (Å²) in [4.78, 5) is 12.7. The Morgan fingerprint density at radius 2 is 1.78 bits per heavy atom. The predicted octanol–water partition coefficient (Wildman–Crippen LogP) is 0.0209. The average Bonchev–Trinajstić information content (AvgIpc) is 2.85. The molecule has 0 saturated heterocycles. The Kier molecular flexibility index (Phi) is 3.55. The number of carbonyl (C=O) groups is 1. The molecule has 4 aliphatic rings. The van der Waals surface area contributed by atoms with Gasteiger partial charge in [0.25, 0.3) is 0 Å². The average molecular weight is 380 g/mol. The molecule has 7 nitrogen and oxygen atoms in total. The zero-order valence-corrected chi connectivity index (χ0v) is 16.0.